The van der Waals surface area contributed by atoms with Crippen LogP contribution < -0.4 is 0 Å². The SMILES string of the molecule is C.C.C.FC(F)(F)c1c[c-]c(-c2ncnc3sccc23)cc1.FC(F)(F)c1cc[c-]c(-c2ncnc3sccc23)c1.Fc1[c-]c(-c2ncnc3sccc23)cc(F)c1F.[Ir].[Ir].[Ir]. The van der Waals surface area contributed by atoms with Gasteiger partial charge in [0, 0.05) is 66.0 Å². The van der Waals surface area contributed by atoms with E-state index in [1.54, 1.807) is 17.5 Å². The summed E-state index contributed by atoms with van der Waals surface area (Å²) in [5.41, 5.74) is 0.892. The van der Waals surface area contributed by atoms with Crippen LogP contribution in [0.4, 0.5) is 39.5 Å². The van der Waals surface area contributed by atoms with Crippen molar-refractivity contribution in [3.63, 3.8) is 0 Å². The van der Waals surface area contributed by atoms with Crippen LogP contribution in [0.3, 0.4) is 0 Å². The Morgan fingerprint density at radius 3 is 1.35 bits per heavy atom. The Morgan fingerprint density at radius 2 is 0.935 bits per heavy atom. The number of aromatic nitrogens is 6. The predicted molar refractivity (Wildman–Crippen MR) is 215 cm³/mol. The van der Waals surface area contributed by atoms with Gasteiger partial charge in [-0.05, 0) is 73.0 Å². The smallest absolute Gasteiger partial charge is 0.285 e. The van der Waals surface area contributed by atoms with E-state index < -0.39 is 40.9 Å². The molecule has 3 aromatic carbocycles. The molecule has 0 unspecified atom stereocenters. The fraction of sp³-hybridized carbons (Fsp3) is 0.122. The summed E-state index contributed by atoms with van der Waals surface area (Å²) < 4.78 is 115. The molecule has 333 valence electrons. The Morgan fingerprint density at radius 1 is 0.484 bits per heavy atom. The molecular formula is C41H28F9Ir3N6S3-3. The van der Waals surface area contributed by atoms with E-state index in [-0.39, 0.29) is 88.2 Å². The fourth-order valence-corrected chi connectivity index (χ4v) is 7.37. The fourth-order valence-electron chi connectivity index (χ4n) is 5.17. The quantitative estimate of drug-likeness (QED) is 0.0996. The first-order valence-corrected chi connectivity index (χ1v) is 18.2. The van der Waals surface area contributed by atoms with Gasteiger partial charge in [-0.2, -0.15) is 26.3 Å². The molecule has 0 aliphatic rings. The molecule has 62 heavy (non-hydrogen) atoms. The first-order valence-electron chi connectivity index (χ1n) is 15.6. The van der Waals surface area contributed by atoms with E-state index in [0.29, 0.717) is 38.4 Å². The molecule has 6 heterocycles. The predicted octanol–water partition coefficient (Wildman–Crippen LogP) is 13.8. The Labute approximate surface area is 402 Å². The molecule has 6 nitrogen and oxygen atoms in total. The monoisotopic (exact) mass is 1450 g/mol. The number of alkyl halides is 6. The van der Waals surface area contributed by atoms with Gasteiger partial charge < -0.3 is 0 Å². The van der Waals surface area contributed by atoms with Crippen LogP contribution in [0.1, 0.15) is 33.4 Å². The van der Waals surface area contributed by atoms with Crippen LogP contribution in [0.2, 0.25) is 0 Å². The van der Waals surface area contributed by atoms with Gasteiger partial charge in [-0.25, -0.2) is 23.7 Å². The molecule has 9 rings (SSSR count). The molecule has 0 aliphatic carbocycles. The minimum Gasteiger partial charge on any atom is -0.285 e. The molecule has 21 heteroatoms. The summed E-state index contributed by atoms with van der Waals surface area (Å²) in [4.78, 5) is 26.6. The van der Waals surface area contributed by atoms with Gasteiger partial charge in [0.25, 0.3) is 0 Å². The van der Waals surface area contributed by atoms with Crippen LogP contribution in [0.25, 0.3) is 64.4 Å². The minimum atomic E-state index is -4.37. The number of halogens is 9. The van der Waals surface area contributed by atoms with Gasteiger partial charge in [-0.1, -0.05) is 22.3 Å². The average molecular weight is 1450 g/mol. The van der Waals surface area contributed by atoms with E-state index in [1.807, 2.05) is 16.8 Å². The van der Waals surface area contributed by atoms with Crippen LogP contribution in [-0.4, -0.2) is 29.9 Å². The van der Waals surface area contributed by atoms with Crippen molar-refractivity contribution >= 4 is 64.7 Å². The van der Waals surface area contributed by atoms with Crippen molar-refractivity contribution in [2.45, 2.75) is 34.6 Å². The molecule has 0 spiro atoms. The summed E-state index contributed by atoms with van der Waals surface area (Å²) in [5, 5.41) is 7.71. The number of fused-ring (bicyclic) bond motifs is 3. The maximum absolute atomic E-state index is 13.2. The third-order valence-electron chi connectivity index (χ3n) is 7.74. The van der Waals surface area contributed by atoms with Crippen molar-refractivity contribution < 1.29 is 99.8 Å². The largest absolute Gasteiger partial charge is 0.399 e. The summed E-state index contributed by atoms with van der Waals surface area (Å²) in [6, 6.07) is 20.5. The van der Waals surface area contributed by atoms with Gasteiger partial charge in [0.05, 0.1) is 11.6 Å². The molecule has 0 saturated heterocycles. The molecule has 3 radical (unpaired) electrons. The van der Waals surface area contributed by atoms with Gasteiger partial charge in [-0.3, -0.25) is 19.3 Å². The minimum absolute atomic E-state index is 0. The van der Waals surface area contributed by atoms with Gasteiger partial charge in [-0.15, -0.1) is 111 Å². The summed E-state index contributed by atoms with van der Waals surface area (Å²) in [6.45, 7) is 0. The first kappa shape index (κ1) is 56.1. The van der Waals surface area contributed by atoms with Gasteiger partial charge in [0.15, 0.2) is 0 Å². The molecule has 0 fully saturated rings. The Kier molecular flexibility index (Phi) is 21.4. The van der Waals surface area contributed by atoms with E-state index in [1.165, 1.54) is 65.1 Å². The zero-order valence-electron chi connectivity index (χ0n) is 28.5. The third-order valence-corrected chi connectivity index (χ3v) is 10.2. The molecule has 0 aliphatic heterocycles. The second-order valence-electron chi connectivity index (χ2n) is 11.2. The van der Waals surface area contributed by atoms with E-state index in [0.717, 1.165) is 50.8 Å². The Hall–Kier alpha value is -3.90. The zero-order valence-corrected chi connectivity index (χ0v) is 38.2. The van der Waals surface area contributed by atoms with Crippen LogP contribution in [0.15, 0.2) is 95.8 Å². The van der Waals surface area contributed by atoms with E-state index in [4.69, 9.17) is 0 Å². The van der Waals surface area contributed by atoms with Gasteiger partial charge in [0.2, 0.25) is 0 Å². The third kappa shape index (κ3) is 12.6. The van der Waals surface area contributed by atoms with Crippen LogP contribution in [-0.2, 0) is 72.7 Å². The van der Waals surface area contributed by atoms with Crippen LogP contribution in [0, 0.1) is 35.7 Å². The van der Waals surface area contributed by atoms with Gasteiger partial charge >= 0.3 is 12.4 Å². The van der Waals surface area contributed by atoms with Gasteiger partial charge in [0.1, 0.15) is 39.3 Å². The zero-order chi connectivity index (χ0) is 39.6. The second-order valence-corrected chi connectivity index (χ2v) is 13.9. The molecule has 0 bridgehead atoms. The Balaban J connectivity index is 0.000000444. The average Bonchev–Trinajstić information content (AvgIpc) is 3.98. The molecule has 9 aromatic rings. The van der Waals surface area contributed by atoms with Crippen molar-refractivity contribution in [2.75, 3.05) is 0 Å². The maximum Gasteiger partial charge on any atom is 0.399 e. The Bertz CT molecular complexity index is 2790. The standard InChI is InChI=1S/2C13H6F3N2S.C12H4F3N2S.3CH4.3Ir/c14-13(15,16)9-3-1-8(2-4-9)11-10-5-6-19-12(10)18-7-17-11;14-13(15,16)9-3-1-2-8(6-9)11-10-4-5-19-12(10)18-7-17-11;13-8-3-6(4-9(14)10(8)15)11-7-1-2-18-12(7)17-5-16-11;;;;;;/h2*1,3-7H;1-3,5H;3*1H4;;;/q3*-1;;;;;;. The molecule has 0 atom stereocenters. The summed E-state index contributed by atoms with van der Waals surface area (Å²) in [5.74, 6) is -4.15. The van der Waals surface area contributed by atoms with Crippen molar-refractivity contribution in [3.8, 4) is 33.8 Å². The molecule has 0 N–H and O–H groups in total. The van der Waals surface area contributed by atoms with Crippen molar-refractivity contribution in [3.05, 3.63) is 143 Å². The van der Waals surface area contributed by atoms with E-state index in [9.17, 15) is 39.5 Å². The van der Waals surface area contributed by atoms with Crippen molar-refractivity contribution in [1.82, 2.24) is 29.9 Å². The normalized spacial score (nSPS) is 10.5. The van der Waals surface area contributed by atoms with Crippen LogP contribution >= 0.6 is 34.0 Å². The summed E-state index contributed by atoms with van der Waals surface area (Å²) >= 11 is 4.26. The summed E-state index contributed by atoms with van der Waals surface area (Å²) in [7, 11) is 0. The van der Waals surface area contributed by atoms with E-state index in [2.05, 4.69) is 48.1 Å². The molecular weight excluding hydrogens is 1420 g/mol. The number of benzene rings is 3. The van der Waals surface area contributed by atoms with Crippen molar-refractivity contribution in [2.24, 2.45) is 0 Å². The molecule has 0 saturated carbocycles. The maximum atomic E-state index is 13.2. The topological polar surface area (TPSA) is 77.3 Å². The van der Waals surface area contributed by atoms with E-state index >= 15 is 0 Å². The number of thiophene rings is 3. The number of hydrogen-bond donors (Lipinski definition) is 0. The van der Waals surface area contributed by atoms with Crippen LogP contribution in [0.5, 0.6) is 0 Å². The number of hydrogen-bond acceptors (Lipinski definition) is 9. The number of nitrogens with zero attached hydrogens (tertiary/aromatic N) is 6. The number of rotatable bonds is 3. The molecule has 6 aromatic heterocycles. The second kappa shape index (κ2) is 23.7. The summed E-state index contributed by atoms with van der Waals surface area (Å²) in [6.07, 6.45) is -4.67. The van der Waals surface area contributed by atoms with Crippen molar-refractivity contribution in [1.29, 1.82) is 0 Å². The first-order chi connectivity index (χ1) is 26.8. The molecule has 0 amide bonds.